The maximum absolute atomic E-state index is 12.2. The van der Waals surface area contributed by atoms with Gasteiger partial charge < -0.3 is 10.6 Å². The first-order chi connectivity index (χ1) is 12.1. The quantitative estimate of drug-likeness (QED) is 0.630. The molecule has 2 aromatic rings. The van der Waals surface area contributed by atoms with Crippen molar-refractivity contribution in [1.82, 2.24) is 15.5 Å². The first-order valence-electron chi connectivity index (χ1n) is 7.82. The zero-order valence-corrected chi connectivity index (χ0v) is 16.1. The van der Waals surface area contributed by atoms with E-state index in [2.05, 4.69) is 27.8 Å². The Kier molecular flexibility index (Phi) is 8.17. The number of thioether (sulfide) groups is 1. The number of halogens is 1. The van der Waals surface area contributed by atoms with Crippen LogP contribution in [0.2, 0.25) is 5.02 Å². The number of benzene rings is 1. The average molecular weight is 399 g/mol. The molecule has 0 atom stereocenters. The van der Waals surface area contributed by atoms with E-state index in [9.17, 15) is 9.59 Å². The van der Waals surface area contributed by atoms with Crippen LogP contribution in [0.15, 0.2) is 24.3 Å². The molecule has 0 fully saturated rings. The van der Waals surface area contributed by atoms with Gasteiger partial charge in [0.05, 0.1) is 5.75 Å². The smallest absolute Gasteiger partial charge is 0.286 e. The number of rotatable bonds is 9. The van der Waals surface area contributed by atoms with Crippen LogP contribution in [0.4, 0.5) is 5.69 Å². The van der Waals surface area contributed by atoms with Gasteiger partial charge in [-0.2, -0.15) is 0 Å². The molecule has 0 bridgehead atoms. The summed E-state index contributed by atoms with van der Waals surface area (Å²) in [6, 6.07) is 6.90. The second kappa shape index (κ2) is 10.4. The predicted molar refractivity (Wildman–Crippen MR) is 103 cm³/mol. The highest BCUT2D eigenvalue weighted by Crippen LogP contribution is 2.19. The summed E-state index contributed by atoms with van der Waals surface area (Å²) in [6.45, 7) is 2.79. The van der Waals surface area contributed by atoms with E-state index in [0.717, 1.165) is 12.8 Å². The number of aromatic nitrogens is 2. The Balaban J connectivity index is 1.77. The molecule has 0 unspecified atom stereocenters. The van der Waals surface area contributed by atoms with Crippen molar-refractivity contribution in [3.63, 3.8) is 0 Å². The third kappa shape index (κ3) is 7.01. The Bertz CT molecular complexity index is 724. The molecule has 2 N–H and O–H groups in total. The van der Waals surface area contributed by atoms with Crippen molar-refractivity contribution in [3.05, 3.63) is 39.3 Å². The number of unbranched alkanes of at least 4 members (excludes halogenated alkanes) is 1. The molecule has 25 heavy (non-hydrogen) atoms. The summed E-state index contributed by atoms with van der Waals surface area (Å²) in [7, 11) is 0. The topological polar surface area (TPSA) is 84.0 Å². The van der Waals surface area contributed by atoms with E-state index in [1.165, 1.54) is 23.1 Å². The van der Waals surface area contributed by atoms with E-state index in [1.54, 1.807) is 24.3 Å². The number of anilines is 1. The monoisotopic (exact) mass is 398 g/mol. The Morgan fingerprint density at radius 1 is 1.32 bits per heavy atom. The van der Waals surface area contributed by atoms with Crippen molar-refractivity contribution < 1.29 is 9.59 Å². The lowest BCUT2D eigenvalue weighted by molar-refractivity contribution is -0.118. The largest absolute Gasteiger partial charge is 0.355 e. The van der Waals surface area contributed by atoms with Gasteiger partial charge in [-0.05, 0) is 24.6 Å². The fourth-order valence-corrected chi connectivity index (χ4v) is 3.67. The molecule has 0 aliphatic heterocycles. The number of hydrogen-bond acceptors (Lipinski definition) is 6. The summed E-state index contributed by atoms with van der Waals surface area (Å²) in [4.78, 5) is 23.8. The van der Waals surface area contributed by atoms with E-state index in [-0.39, 0.29) is 16.8 Å². The maximum atomic E-state index is 12.2. The lowest BCUT2D eigenvalue weighted by Gasteiger charge is -2.03. The second-order valence-electron chi connectivity index (χ2n) is 5.16. The van der Waals surface area contributed by atoms with Gasteiger partial charge in [0, 0.05) is 23.0 Å². The van der Waals surface area contributed by atoms with Crippen LogP contribution in [0.25, 0.3) is 0 Å². The van der Waals surface area contributed by atoms with E-state index < -0.39 is 0 Å². The van der Waals surface area contributed by atoms with E-state index in [0.29, 0.717) is 33.8 Å². The number of nitrogens with zero attached hydrogens (tertiary/aromatic N) is 2. The molecule has 0 radical (unpaired) electrons. The van der Waals surface area contributed by atoms with Gasteiger partial charge in [-0.1, -0.05) is 42.3 Å². The van der Waals surface area contributed by atoms with Crippen LogP contribution in [-0.4, -0.2) is 34.3 Å². The third-order valence-electron chi connectivity index (χ3n) is 3.05. The van der Waals surface area contributed by atoms with Gasteiger partial charge in [0.25, 0.3) is 5.91 Å². The molecule has 9 heteroatoms. The summed E-state index contributed by atoms with van der Waals surface area (Å²) in [5.74, 6) is 0.603. The van der Waals surface area contributed by atoms with Gasteiger partial charge in [-0.3, -0.25) is 9.59 Å². The summed E-state index contributed by atoms with van der Waals surface area (Å²) in [5, 5.41) is 15.0. The average Bonchev–Trinajstić information content (AvgIpc) is 3.04. The molecule has 0 spiro atoms. The van der Waals surface area contributed by atoms with Crippen molar-refractivity contribution in [2.75, 3.05) is 17.6 Å². The normalized spacial score (nSPS) is 10.5. The number of carbonyl (C=O) groups is 2. The van der Waals surface area contributed by atoms with Gasteiger partial charge in [-0.15, -0.1) is 22.0 Å². The second-order valence-corrected chi connectivity index (χ2v) is 7.65. The highest BCUT2D eigenvalue weighted by atomic mass is 35.5. The molecule has 1 aromatic carbocycles. The zero-order valence-electron chi connectivity index (χ0n) is 13.8. The van der Waals surface area contributed by atoms with Gasteiger partial charge in [0.2, 0.25) is 10.9 Å². The van der Waals surface area contributed by atoms with Crippen molar-refractivity contribution >= 4 is 52.2 Å². The number of nitrogens with one attached hydrogen (secondary N) is 2. The molecule has 0 aliphatic carbocycles. The van der Waals surface area contributed by atoms with Gasteiger partial charge >= 0.3 is 0 Å². The van der Waals surface area contributed by atoms with Gasteiger partial charge in [0.1, 0.15) is 5.01 Å². The van der Waals surface area contributed by atoms with Crippen molar-refractivity contribution in [1.29, 1.82) is 0 Å². The fraction of sp³-hybridized carbons (Fsp3) is 0.375. The van der Waals surface area contributed by atoms with E-state index in [4.69, 9.17) is 11.6 Å². The zero-order chi connectivity index (χ0) is 18.1. The van der Waals surface area contributed by atoms with Crippen LogP contribution in [0.1, 0.15) is 34.6 Å². The molecule has 2 rings (SSSR count). The summed E-state index contributed by atoms with van der Waals surface area (Å²) >= 11 is 8.56. The summed E-state index contributed by atoms with van der Waals surface area (Å²) in [5.41, 5.74) is 0.604. The van der Waals surface area contributed by atoms with Crippen LogP contribution < -0.4 is 10.6 Å². The molecule has 2 amide bonds. The van der Waals surface area contributed by atoms with E-state index in [1.807, 2.05) is 0 Å². The molecule has 0 saturated carbocycles. The fourth-order valence-electron chi connectivity index (χ4n) is 1.84. The minimum absolute atomic E-state index is 0.0156. The third-order valence-corrected chi connectivity index (χ3v) is 5.34. The van der Waals surface area contributed by atoms with Crippen LogP contribution in [0.3, 0.4) is 0 Å². The summed E-state index contributed by atoms with van der Waals surface area (Å²) < 4.78 is 0. The van der Waals surface area contributed by atoms with Crippen molar-refractivity contribution in [3.8, 4) is 0 Å². The molecule has 134 valence electrons. The van der Waals surface area contributed by atoms with Crippen LogP contribution in [-0.2, 0) is 10.5 Å². The van der Waals surface area contributed by atoms with Crippen LogP contribution >= 0.6 is 34.7 Å². The highest BCUT2D eigenvalue weighted by Gasteiger charge is 2.13. The molecular weight excluding hydrogens is 380 g/mol. The summed E-state index contributed by atoms with van der Waals surface area (Å²) in [6.07, 6.45) is 2.04. The molecular formula is C16H19ClN4O2S2. The van der Waals surface area contributed by atoms with E-state index >= 15 is 0 Å². The predicted octanol–water partition coefficient (Wildman–Crippen LogP) is 3.59. The lowest BCUT2D eigenvalue weighted by Crippen LogP contribution is -2.26. The minimum atomic E-state index is -0.326. The Hall–Kier alpha value is -1.64. The van der Waals surface area contributed by atoms with Crippen LogP contribution in [0.5, 0.6) is 0 Å². The maximum Gasteiger partial charge on any atom is 0.286 e. The number of hydrogen-bond donors (Lipinski definition) is 2. The molecule has 1 aromatic heterocycles. The molecule has 0 saturated heterocycles. The number of amides is 2. The first-order valence-corrected chi connectivity index (χ1v) is 10.2. The molecule has 6 nitrogen and oxygen atoms in total. The standard InChI is InChI=1S/C16H19ClN4O2S2/c1-2-3-7-18-13(22)9-24-10-14-20-21-16(25-14)15(23)19-12-6-4-5-11(17)8-12/h4-6,8H,2-3,7,9-10H2,1H3,(H,18,22)(H,19,23). The Morgan fingerprint density at radius 3 is 2.92 bits per heavy atom. The van der Waals surface area contributed by atoms with Gasteiger partial charge in [-0.25, -0.2) is 0 Å². The highest BCUT2D eigenvalue weighted by molar-refractivity contribution is 7.99. The van der Waals surface area contributed by atoms with Crippen molar-refractivity contribution in [2.24, 2.45) is 0 Å². The molecule has 1 heterocycles. The molecule has 0 aliphatic rings. The minimum Gasteiger partial charge on any atom is -0.355 e. The number of carbonyl (C=O) groups excluding carboxylic acids is 2. The van der Waals surface area contributed by atoms with Crippen molar-refractivity contribution in [2.45, 2.75) is 25.5 Å². The van der Waals surface area contributed by atoms with Gasteiger partial charge in [0.15, 0.2) is 0 Å². The lowest BCUT2D eigenvalue weighted by atomic mass is 10.3. The van der Waals surface area contributed by atoms with Crippen LogP contribution in [0, 0.1) is 0 Å². The first kappa shape index (κ1) is 19.7. The Labute approximate surface area is 159 Å². The Morgan fingerprint density at radius 2 is 2.16 bits per heavy atom. The SMILES string of the molecule is CCCCNC(=O)CSCc1nnc(C(=O)Nc2cccc(Cl)c2)s1.